The lowest BCUT2D eigenvalue weighted by molar-refractivity contribution is -0.135. The highest BCUT2D eigenvalue weighted by molar-refractivity contribution is 5.94. The molecule has 1 heterocycles. The fourth-order valence-electron chi connectivity index (χ4n) is 3.39. The van der Waals surface area contributed by atoms with Crippen molar-refractivity contribution in [1.82, 2.24) is 9.80 Å². The standard InChI is InChI=1S/C20H29N3O3/c1-15(2)18-7-5-6-16(3)20(18)23(17(4)25)9-8-19(26)22-12-10-21(14-24)11-13-22/h5-7,14-15H,8-13H2,1-4H3. The van der Waals surface area contributed by atoms with Crippen LogP contribution in [0.3, 0.4) is 0 Å². The monoisotopic (exact) mass is 359 g/mol. The minimum absolute atomic E-state index is 0.0291. The summed E-state index contributed by atoms with van der Waals surface area (Å²) >= 11 is 0. The van der Waals surface area contributed by atoms with Gasteiger partial charge < -0.3 is 14.7 Å². The summed E-state index contributed by atoms with van der Waals surface area (Å²) in [6.45, 7) is 10.4. The van der Waals surface area contributed by atoms with Crippen LogP contribution in [-0.2, 0) is 14.4 Å². The molecule has 0 aliphatic carbocycles. The van der Waals surface area contributed by atoms with Gasteiger partial charge in [-0.05, 0) is 24.0 Å². The first-order chi connectivity index (χ1) is 12.3. The van der Waals surface area contributed by atoms with Gasteiger partial charge >= 0.3 is 0 Å². The zero-order valence-electron chi connectivity index (χ0n) is 16.2. The second-order valence-electron chi connectivity index (χ2n) is 7.11. The average Bonchev–Trinajstić information content (AvgIpc) is 2.62. The van der Waals surface area contributed by atoms with Crippen molar-refractivity contribution in [2.45, 2.75) is 40.0 Å². The molecule has 2 rings (SSSR count). The van der Waals surface area contributed by atoms with Crippen molar-refractivity contribution in [1.29, 1.82) is 0 Å². The first kappa shape index (κ1) is 19.9. The lowest BCUT2D eigenvalue weighted by Crippen LogP contribution is -2.48. The van der Waals surface area contributed by atoms with Crippen LogP contribution >= 0.6 is 0 Å². The molecule has 0 atom stereocenters. The lowest BCUT2D eigenvalue weighted by atomic mass is 9.97. The molecule has 0 saturated carbocycles. The molecule has 1 saturated heterocycles. The van der Waals surface area contributed by atoms with Crippen LogP contribution in [0, 0.1) is 6.92 Å². The number of hydrogen-bond acceptors (Lipinski definition) is 3. The Bertz CT molecular complexity index is 664. The molecule has 0 unspecified atom stereocenters. The predicted molar refractivity (Wildman–Crippen MR) is 102 cm³/mol. The summed E-state index contributed by atoms with van der Waals surface area (Å²) in [6, 6.07) is 6.05. The van der Waals surface area contributed by atoms with Crippen molar-refractivity contribution < 1.29 is 14.4 Å². The minimum Gasteiger partial charge on any atom is -0.342 e. The van der Waals surface area contributed by atoms with Gasteiger partial charge in [0.05, 0.1) is 0 Å². The molecule has 6 nitrogen and oxygen atoms in total. The topological polar surface area (TPSA) is 60.9 Å². The fraction of sp³-hybridized carbons (Fsp3) is 0.550. The molecule has 26 heavy (non-hydrogen) atoms. The fourth-order valence-corrected chi connectivity index (χ4v) is 3.39. The third kappa shape index (κ3) is 4.62. The van der Waals surface area contributed by atoms with Gasteiger partial charge in [-0.15, -0.1) is 0 Å². The second kappa shape index (κ2) is 8.83. The van der Waals surface area contributed by atoms with Gasteiger partial charge in [0.25, 0.3) is 0 Å². The number of carbonyl (C=O) groups is 3. The Kier molecular flexibility index (Phi) is 6.77. The Hall–Kier alpha value is -2.37. The summed E-state index contributed by atoms with van der Waals surface area (Å²) in [5.74, 6) is 0.264. The number of amides is 3. The van der Waals surface area contributed by atoms with Gasteiger partial charge in [-0.3, -0.25) is 14.4 Å². The number of carbonyl (C=O) groups excluding carboxylic acids is 3. The molecule has 0 aromatic heterocycles. The van der Waals surface area contributed by atoms with E-state index in [9.17, 15) is 14.4 Å². The van der Waals surface area contributed by atoms with Gasteiger partial charge in [0, 0.05) is 51.8 Å². The third-order valence-electron chi connectivity index (χ3n) is 4.91. The van der Waals surface area contributed by atoms with E-state index in [-0.39, 0.29) is 18.2 Å². The van der Waals surface area contributed by atoms with Crippen LogP contribution < -0.4 is 4.90 Å². The van der Waals surface area contributed by atoms with Gasteiger partial charge in [0.2, 0.25) is 18.2 Å². The number of aryl methyl sites for hydroxylation is 1. The van der Waals surface area contributed by atoms with E-state index in [1.807, 2.05) is 25.1 Å². The van der Waals surface area contributed by atoms with Crippen LogP contribution in [0.5, 0.6) is 0 Å². The van der Waals surface area contributed by atoms with Gasteiger partial charge in [0.1, 0.15) is 0 Å². The predicted octanol–water partition coefficient (Wildman–Crippen LogP) is 2.16. The number of hydrogen-bond donors (Lipinski definition) is 0. The van der Waals surface area contributed by atoms with E-state index in [1.165, 1.54) is 0 Å². The van der Waals surface area contributed by atoms with Crippen LogP contribution in [-0.4, -0.2) is 60.7 Å². The number of nitrogens with zero attached hydrogens (tertiary/aromatic N) is 3. The molecule has 1 aliphatic rings. The normalized spacial score (nSPS) is 14.5. The largest absolute Gasteiger partial charge is 0.342 e. The highest BCUT2D eigenvalue weighted by atomic mass is 16.2. The molecule has 0 spiro atoms. The maximum Gasteiger partial charge on any atom is 0.224 e. The number of rotatable bonds is 6. The molecule has 1 aliphatic heterocycles. The van der Waals surface area contributed by atoms with E-state index >= 15 is 0 Å². The van der Waals surface area contributed by atoms with Crippen molar-refractivity contribution in [3.8, 4) is 0 Å². The van der Waals surface area contributed by atoms with E-state index in [0.29, 0.717) is 38.6 Å². The van der Waals surface area contributed by atoms with E-state index in [1.54, 1.807) is 21.6 Å². The van der Waals surface area contributed by atoms with Gasteiger partial charge in [-0.2, -0.15) is 0 Å². The molecule has 3 amide bonds. The van der Waals surface area contributed by atoms with E-state index in [0.717, 1.165) is 23.2 Å². The third-order valence-corrected chi connectivity index (χ3v) is 4.91. The van der Waals surface area contributed by atoms with E-state index in [2.05, 4.69) is 13.8 Å². The maximum atomic E-state index is 12.5. The second-order valence-corrected chi connectivity index (χ2v) is 7.11. The number of piperazine rings is 1. The molecular weight excluding hydrogens is 330 g/mol. The Morgan fingerprint density at radius 1 is 1.19 bits per heavy atom. The molecule has 0 radical (unpaired) electrons. The zero-order chi connectivity index (χ0) is 19.3. The molecular formula is C20H29N3O3. The Morgan fingerprint density at radius 3 is 2.38 bits per heavy atom. The number of para-hydroxylation sites is 1. The molecule has 0 N–H and O–H groups in total. The van der Waals surface area contributed by atoms with Crippen molar-refractivity contribution in [2.75, 3.05) is 37.6 Å². The molecule has 142 valence electrons. The minimum atomic E-state index is -0.0558. The van der Waals surface area contributed by atoms with Crippen LogP contribution in [0.15, 0.2) is 18.2 Å². The molecule has 1 fully saturated rings. The van der Waals surface area contributed by atoms with Crippen molar-refractivity contribution in [3.63, 3.8) is 0 Å². The smallest absolute Gasteiger partial charge is 0.224 e. The van der Waals surface area contributed by atoms with E-state index in [4.69, 9.17) is 0 Å². The average molecular weight is 359 g/mol. The van der Waals surface area contributed by atoms with Gasteiger partial charge in [-0.25, -0.2) is 0 Å². The molecule has 6 heteroatoms. The molecule has 1 aromatic rings. The maximum absolute atomic E-state index is 12.5. The van der Waals surface area contributed by atoms with Crippen molar-refractivity contribution in [3.05, 3.63) is 29.3 Å². The van der Waals surface area contributed by atoms with Crippen LogP contribution in [0.2, 0.25) is 0 Å². The SMILES string of the molecule is CC(=O)N(CCC(=O)N1CCN(C=O)CC1)c1c(C)cccc1C(C)C. The highest BCUT2D eigenvalue weighted by Crippen LogP contribution is 2.31. The summed E-state index contributed by atoms with van der Waals surface area (Å²) in [4.78, 5) is 40.8. The summed E-state index contributed by atoms with van der Waals surface area (Å²) in [6.07, 6.45) is 1.11. The first-order valence-corrected chi connectivity index (χ1v) is 9.20. The summed E-state index contributed by atoms with van der Waals surface area (Å²) in [5.41, 5.74) is 3.08. The number of anilines is 1. The quantitative estimate of drug-likeness (QED) is 0.731. The Morgan fingerprint density at radius 2 is 1.85 bits per heavy atom. The molecule has 1 aromatic carbocycles. The number of benzene rings is 1. The van der Waals surface area contributed by atoms with Crippen LogP contribution in [0.4, 0.5) is 5.69 Å². The first-order valence-electron chi connectivity index (χ1n) is 9.20. The summed E-state index contributed by atoms with van der Waals surface area (Å²) < 4.78 is 0. The highest BCUT2D eigenvalue weighted by Gasteiger charge is 2.23. The summed E-state index contributed by atoms with van der Waals surface area (Å²) in [5, 5.41) is 0. The summed E-state index contributed by atoms with van der Waals surface area (Å²) in [7, 11) is 0. The van der Waals surface area contributed by atoms with Crippen molar-refractivity contribution in [2.24, 2.45) is 0 Å². The van der Waals surface area contributed by atoms with E-state index < -0.39 is 0 Å². The lowest BCUT2D eigenvalue weighted by Gasteiger charge is -2.33. The van der Waals surface area contributed by atoms with Crippen LogP contribution in [0.1, 0.15) is 44.2 Å². The van der Waals surface area contributed by atoms with Crippen molar-refractivity contribution >= 4 is 23.9 Å². The Labute approximate surface area is 155 Å². The molecule has 0 bridgehead atoms. The van der Waals surface area contributed by atoms with Gasteiger partial charge in [0.15, 0.2) is 0 Å². The van der Waals surface area contributed by atoms with Crippen LogP contribution in [0.25, 0.3) is 0 Å². The Balaban J connectivity index is 2.09. The zero-order valence-corrected chi connectivity index (χ0v) is 16.2. The van der Waals surface area contributed by atoms with Gasteiger partial charge in [-0.1, -0.05) is 32.0 Å².